The van der Waals surface area contributed by atoms with E-state index in [0.717, 1.165) is 6.07 Å². The molecule has 51 valence electrons. The summed E-state index contributed by atoms with van der Waals surface area (Å²) in [6, 6.07) is 3.45. The number of nitro groups is 1. The van der Waals surface area contributed by atoms with Gasteiger partial charge in [-0.15, -0.1) is 0 Å². The van der Waals surface area contributed by atoms with E-state index >= 15 is 0 Å². The van der Waals surface area contributed by atoms with E-state index in [2.05, 4.69) is 11.1 Å². The molecular weight excluding hydrogens is 156 g/mol. The third-order valence-corrected chi connectivity index (χ3v) is 1.06. The average Bonchev–Trinajstić information content (AvgIpc) is 1.88. The monoisotopic (exact) mass is 157 g/mol. The fourth-order valence-corrected chi connectivity index (χ4v) is 0.609. The maximum Gasteiger partial charge on any atom is 0.282 e. The predicted molar refractivity (Wildman–Crippen MR) is 34.7 cm³/mol. The summed E-state index contributed by atoms with van der Waals surface area (Å²) in [6.45, 7) is 0. The molecule has 0 unspecified atom stereocenters. The van der Waals surface area contributed by atoms with Crippen molar-refractivity contribution in [1.29, 1.82) is 0 Å². The lowest BCUT2D eigenvalue weighted by Gasteiger charge is -1.87. The van der Waals surface area contributed by atoms with Crippen LogP contribution in [-0.2, 0) is 0 Å². The lowest BCUT2D eigenvalue weighted by atomic mass is 10.4. The van der Waals surface area contributed by atoms with Crippen molar-refractivity contribution in [3.05, 3.63) is 33.6 Å². The molecule has 4 nitrogen and oxygen atoms in total. The summed E-state index contributed by atoms with van der Waals surface area (Å²) >= 11 is 5.35. The molecule has 1 rings (SSSR count). The molecule has 0 spiro atoms. The first-order chi connectivity index (χ1) is 4.70. The van der Waals surface area contributed by atoms with E-state index in [-0.39, 0.29) is 10.8 Å². The first-order valence-corrected chi connectivity index (χ1v) is 2.75. The highest BCUT2D eigenvalue weighted by molar-refractivity contribution is 6.29. The van der Waals surface area contributed by atoms with Crippen LogP contribution in [-0.4, -0.2) is 9.91 Å². The maximum absolute atomic E-state index is 10.0. The van der Waals surface area contributed by atoms with Gasteiger partial charge in [0.1, 0.15) is 5.15 Å². The van der Waals surface area contributed by atoms with Gasteiger partial charge in [0.2, 0.25) is 0 Å². The van der Waals surface area contributed by atoms with Crippen molar-refractivity contribution in [1.82, 2.24) is 4.98 Å². The highest BCUT2D eigenvalue weighted by atomic mass is 35.5. The van der Waals surface area contributed by atoms with Crippen LogP contribution >= 0.6 is 11.6 Å². The van der Waals surface area contributed by atoms with Gasteiger partial charge in [-0.25, -0.2) is 4.98 Å². The molecule has 1 aromatic rings. The molecule has 0 bridgehead atoms. The lowest BCUT2D eigenvalue weighted by molar-refractivity contribution is -0.385. The van der Waals surface area contributed by atoms with Gasteiger partial charge in [0, 0.05) is 6.20 Å². The minimum absolute atomic E-state index is 0.102. The number of rotatable bonds is 1. The van der Waals surface area contributed by atoms with Crippen molar-refractivity contribution in [2.24, 2.45) is 0 Å². The molecule has 0 atom stereocenters. The summed E-state index contributed by atoms with van der Waals surface area (Å²) in [5.41, 5.74) is -0.167. The van der Waals surface area contributed by atoms with Gasteiger partial charge >= 0.3 is 0 Å². The normalized spacial score (nSPS) is 9.30. The first-order valence-electron chi connectivity index (χ1n) is 2.38. The van der Waals surface area contributed by atoms with Crippen LogP contribution in [0.25, 0.3) is 0 Å². The SMILES string of the molecule is O=[N+]([O-])c1[c]cnc(Cl)c1. The van der Waals surface area contributed by atoms with Crippen molar-refractivity contribution in [2.45, 2.75) is 0 Å². The molecule has 0 N–H and O–H groups in total. The van der Waals surface area contributed by atoms with E-state index in [9.17, 15) is 10.1 Å². The maximum atomic E-state index is 10.0. The molecule has 0 aliphatic rings. The zero-order valence-corrected chi connectivity index (χ0v) is 5.50. The third-order valence-electron chi connectivity index (χ3n) is 0.853. The summed E-state index contributed by atoms with van der Waals surface area (Å²) in [4.78, 5) is 13.0. The van der Waals surface area contributed by atoms with Crippen molar-refractivity contribution < 1.29 is 4.92 Å². The molecule has 0 amide bonds. The standard InChI is InChI=1S/C5H2ClN2O2/c6-5-3-4(8(9)10)1-2-7-5/h2-3H. The smallest absolute Gasteiger partial charge is 0.258 e. The van der Waals surface area contributed by atoms with Gasteiger partial charge in [0.05, 0.1) is 17.1 Å². The van der Waals surface area contributed by atoms with Crippen molar-refractivity contribution in [3.8, 4) is 0 Å². The molecule has 0 aromatic carbocycles. The van der Waals surface area contributed by atoms with E-state index in [1.165, 1.54) is 6.20 Å². The fourth-order valence-electron chi connectivity index (χ4n) is 0.457. The van der Waals surface area contributed by atoms with Gasteiger partial charge in [-0.1, -0.05) is 11.6 Å². The minimum atomic E-state index is -0.576. The Labute approximate surface area is 61.6 Å². The molecule has 0 aliphatic heterocycles. The predicted octanol–water partition coefficient (Wildman–Crippen LogP) is 1.44. The second-order valence-electron chi connectivity index (χ2n) is 1.51. The van der Waals surface area contributed by atoms with Gasteiger partial charge < -0.3 is 0 Å². The number of aromatic nitrogens is 1. The molecule has 1 radical (unpaired) electrons. The molecule has 5 heteroatoms. The second kappa shape index (κ2) is 2.62. The fraction of sp³-hybridized carbons (Fsp3) is 0. The Morgan fingerprint density at radius 1 is 1.80 bits per heavy atom. The number of hydrogen-bond acceptors (Lipinski definition) is 3. The molecule has 0 fully saturated rings. The van der Waals surface area contributed by atoms with E-state index in [1.54, 1.807) is 0 Å². The Morgan fingerprint density at radius 2 is 2.50 bits per heavy atom. The largest absolute Gasteiger partial charge is 0.282 e. The van der Waals surface area contributed by atoms with Crippen molar-refractivity contribution >= 4 is 17.3 Å². The zero-order valence-electron chi connectivity index (χ0n) is 4.74. The Bertz CT molecular complexity index is 264. The van der Waals surface area contributed by atoms with Crippen LogP contribution in [0.5, 0.6) is 0 Å². The average molecular weight is 158 g/mol. The summed E-state index contributed by atoms with van der Waals surface area (Å²) in [5.74, 6) is 0. The van der Waals surface area contributed by atoms with E-state index in [1.807, 2.05) is 0 Å². The molecule has 10 heavy (non-hydrogen) atoms. The Kier molecular flexibility index (Phi) is 1.82. The second-order valence-corrected chi connectivity index (χ2v) is 1.90. The number of hydrogen-bond donors (Lipinski definition) is 0. The van der Waals surface area contributed by atoms with Crippen LogP contribution < -0.4 is 0 Å². The lowest BCUT2D eigenvalue weighted by Crippen LogP contribution is -1.87. The minimum Gasteiger partial charge on any atom is -0.258 e. The van der Waals surface area contributed by atoms with Crippen LogP contribution in [0.4, 0.5) is 5.69 Å². The summed E-state index contributed by atoms with van der Waals surface area (Å²) in [6.07, 6.45) is 1.17. The van der Waals surface area contributed by atoms with E-state index in [4.69, 9.17) is 11.6 Å². The molecule has 1 aromatic heterocycles. The van der Waals surface area contributed by atoms with E-state index in [0.29, 0.717) is 0 Å². The summed E-state index contributed by atoms with van der Waals surface area (Å²) < 4.78 is 0. The van der Waals surface area contributed by atoms with Gasteiger partial charge in [-0.3, -0.25) is 10.1 Å². The van der Waals surface area contributed by atoms with Crippen LogP contribution in [0.3, 0.4) is 0 Å². The van der Waals surface area contributed by atoms with Gasteiger partial charge in [-0.2, -0.15) is 0 Å². The molecule has 0 saturated heterocycles. The van der Waals surface area contributed by atoms with Crippen molar-refractivity contribution in [2.75, 3.05) is 0 Å². The molecule has 1 heterocycles. The topological polar surface area (TPSA) is 56.0 Å². The molecule has 0 saturated carbocycles. The van der Waals surface area contributed by atoms with Crippen molar-refractivity contribution in [3.63, 3.8) is 0 Å². The quantitative estimate of drug-likeness (QED) is 0.352. The van der Waals surface area contributed by atoms with Gasteiger partial charge in [0.15, 0.2) is 0 Å². The summed E-state index contributed by atoms with van der Waals surface area (Å²) in [5, 5.41) is 10.1. The first kappa shape index (κ1) is 6.95. The van der Waals surface area contributed by atoms with Crippen LogP contribution in [0.1, 0.15) is 0 Å². The highest BCUT2D eigenvalue weighted by Gasteiger charge is 2.04. The van der Waals surface area contributed by atoms with Gasteiger partial charge in [-0.05, 0) is 0 Å². The van der Waals surface area contributed by atoms with Crippen LogP contribution in [0.15, 0.2) is 12.3 Å². The summed E-state index contributed by atoms with van der Waals surface area (Å²) in [7, 11) is 0. The van der Waals surface area contributed by atoms with E-state index < -0.39 is 4.92 Å². The third kappa shape index (κ3) is 1.41. The molecule has 0 aliphatic carbocycles. The van der Waals surface area contributed by atoms with Crippen LogP contribution in [0.2, 0.25) is 5.15 Å². The molecular formula is C5H2ClN2O2. The zero-order chi connectivity index (χ0) is 7.56. The van der Waals surface area contributed by atoms with Crippen LogP contribution in [0, 0.1) is 16.2 Å². The highest BCUT2D eigenvalue weighted by Crippen LogP contribution is 2.12. The number of halogens is 1. The van der Waals surface area contributed by atoms with Gasteiger partial charge in [0.25, 0.3) is 5.69 Å². The number of pyridine rings is 1. The number of nitrogens with zero attached hydrogens (tertiary/aromatic N) is 2. The Morgan fingerprint density at radius 3 is 2.90 bits per heavy atom. The Balaban J connectivity index is 3.07. The Hall–Kier alpha value is -1.16.